The quantitative estimate of drug-likeness (QED) is 0.531. The lowest BCUT2D eigenvalue weighted by atomic mass is 9.98. The molecule has 0 aliphatic carbocycles. The van der Waals surface area contributed by atoms with Gasteiger partial charge in [-0.1, -0.05) is 56.3 Å². The Kier molecular flexibility index (Phi) is 6.28. The molecule has 142 valence electrons. The Morgan fingerprint density at radius 2 is 1.77 bits per heavy atom. The normalized spacial score (nSPS) is 13.6. The zero-order valence-corrected chi connectivity index (χ0v) is 16.2. The molecule has 0 saturated carbocycles. The second kappa shape index (κ2) is 8.07. The van der Waals surface area contributed by atoms with Gasteiger partial charge < -0.3 is 14.2 Å². The number of nitrogens with zero attached hydrogens (tertiary/aromatic N) is 3. The van der Waals surface area contributed by atoms with E-state index in [1.165, 1.54) is 20.4 Å². The summed E-state index contributed by atoms with van der Waals surface area (Å²) in [6, 6.07) is 9.56. The fraction of sp³-hybridized carbons (Fsp3) is 0.526. The third-order valence-corrected chi connectivity index (χ3v) is 3.97. The van der Waals surface area contributed by atoms with Crippen LogP contribution in [0.5, 0.6) is 0 Å². The highest BCUT2D eigenvalue weighted by atomic mass is 16.9. The maximum Gasteiger partial charge on any atom is 0.352 e. The van der Waals surface area contributed by atoms with Gasteiger partial charge in [0, 0.05) is 14.2 Å². The molecule has 0 aliphatic rings. The maximum absolute atomic E-state index is 13.2. The molecule has 0 radical (unpaired) electrons. The van der Waals surface area contributed by atoms with Crippen LogP contribution in [0.2, 0.25) is 0 Å². The summed E-state index contributed by atoms with van der Waals surface area (Å²) in [6.45, 7) is 8.21. The van der Waals surface area contributed by atoms with Crippen molar-refractivity contribution in [1.29, 1.82) is 0 Å². The highest BCUT2D eigenvalue weighted by Crippen LogP contribution is 2.26. The van der Waals surface area contributed by atoms with E-state index in [1.54, 1.807) is 4.68 Å². The van der Waals surface area contributed by atoms with E-state index in [2.05, 4.69) is 10.3 Å². The van der Waals surface area contributed by atoms with Crippen molar-refractivity contribution in [1.82, 2.24) is 15.0 Å². The average molecular weight is 361 g/mol. The lowest BCUT2D eigenvalue weighted by Gasteiger charge is -2.31. The molecular weight excluding hydrogens is 334 g/mol. The van der Waals surface area contributed by atoms with Crippen LogP contribution in [-0.2, 0) is 14.2 Å². The lowest BCUT2D eigenvalue weighted by molar-refractivity contribution is -0.329. The van der Waals surface area contributed by atoms with E-state index in [0.717, 1.165) is 5.56 Å². The monoisotopic (exact) mass is 361 g/mol. The van der Waals surface area contributed by atoms with Gasteiger partial charge in [-0.3, -0.25) is 4.79 Å². The van der Waals surface area contributed by atoms with Crippen molar-refractivity contribution in [2.24, 2.45) is 5.41 Å². The molecule has 1 aromatic carbocycles. The number of ether oxygens (including phenoxy) is 3. The number of ketones is 1. The summed E-state index contributed by atoms with van der Waals surface area (Å²) < 4.78 is 18.0. The van der Waals surface area contributed by atoms with Gasteiger partial charge in [-0.25, -0.2) is 4.68 Å². The number of hydrogen-bond donors (Lipinski definition) is 0. The number of aromatic nitrogens is 3. The minimum atomic E-state index is -1.84. The summed E-state index contributed by atoms with van der Waals surface area (Å²) in [4.78, 5) is 13.2. The van der Waals surface area contributed by atoms with Gasteiger partial charge in [0.1, 0.15) is 5.69 Å². The van der Waals surface area contributed by atoms with E-state index >= 15 is 0 Å². The number of Topliss-reactive ketones (excluding diaryl/α,β-unsaturated/α-hetero) is 1. The molecule has 0 unspecified atom stereocenters. The molecule has 7 nitrogen and oxygen atoms in total. The Hall–Kier alpha value is -2.09. The highest BCUT2D eigenvalue weighted by Gasteiger charge is 2.44. The van der Waals surface area contributed by atoms with Crippen molar-refractivity contribution in [2.45, 2.75) is 39.7 Å². The predicted octanol–water partition coefficient (Wildman–Crippen LogP) is 3.08. The summed E-state index contributed by atoms with van der Waals surface area (Å²) >= 11 is 0. The number of carbonyl (C=O) groups is 1. The van der Waals surface area contributed by atoms with Crippen LogP contribution < -0.4 is 0 Å². The zero-order valence-electron chi connectivity index (χ0n) is 16.2. The number of hydrogen-bond acceptors (Lipinski definition) is 6. The molecule has 26 heavy (non-hydrogen) atoms. The first kappa shape index (κ1) is 20.2. The summed E-state index contributed by atoms with van der Waals surface area (Å²) in [7, 11) is 2.75. The molecule has 0 aliphatic heterocycles. The van der Waals surface area contributed by atoms with Crippen molar-refractivity contribution in [3.63, 3.8) is 0 Å². The van der Waals surface area contributed by atoms with E-state index in [9.17, 15) is 4.79 Å². The van der Waals surface area contributed by atoms with Crippen LogP contribution in [0.15, 0.2) is 36.5 Å². The third kappa shape index (κ3) is 4.35. The zero-order chi connectivity index (χ0) is 19.4. The molecule has 1 heterocycles. The average Bonchev–Trinajstić information content (AvgIpc) is 3.11. The molecule has 0 spiro atoms. The molecule has 1 aromatic heterocycles. The first-order chi connectivity index (χ1) is 12.2. The Balaban J connectivity index is 2.35. The number of rotatable bonds is 8. The third-order valence-electron chi connectivity index (χ3n) is 3.97. The van der Waals surface area contributed by atoms with Crippen LogP contribution in [0.3, 0.4) is 0 Å². The molecular formula is C19H27N3O4. The Morgan fingerprint density at radius 1 is 1.15 bits per heavy atom. The fourth-order valence-corrected chi connectivity index (χ4v) is 2.49. The van der Waals surface area contributed by atoms with Gasteiger partial charge in [-0.2, -0.15) is 0 Å². The standard InChI is InChI=1S/C19H27N3O4/c1-14(15-10-8-7-9-11-15)22-16(12-20-21-22)17(23)19(24-5,25-6)26-13-18(2,3)4/h7-12,14H,13H2,1-6H3/t14-/m1/s1. The molecule has 2 aromatic rings. The smallest absolute Gasteiger partial charge is 0.324 e. The maximum atomic E-state index is 13.2. The Bertz CT molecular complexity index is 718. The molecule has 0 saturated heterocycles. The van der Waals surface area contributed by atoms with Crippen LogP contribution in [0.1, 0.15) is 49.8 Å². The SMILES string of the molecule is COC(OC)(OCC(C)(C)C)C(=O)c1cnnn1[C@H](C)c1ccccc1. The highest BCUT2D eigenvalue weighted by molar-refractivity contribution is 5.99. The van der Waals surface area contributed by atoms with Gasteiger partial charge in [0.25, 0.3) is 5.78 Å². The van der Waals surface area contributed by atoms with E-state index in [4.69, 9.17) is 14.2 Å². The lowest BCUT2D eigenvalue weighted by Crippen LogP contribution is -2.48. The van der Waals surface area contributed by atoms with Crippen LogP contribution in [0.4, 0.5) is 0 Å². The van der Waals surface area contributed by atoms with E-state index in [0.29, 0.717) is 0 Å². The van der Waals surface area contributed by atoms with E-state index in [-0.39, 0.29) is 23.8 Å². The number of carbonyl (C=O) groups excluding carboxylic acids is 1. The van der Waals surface area contributed by atoms with E-state index < -0.39 is 11.8 Å². The molecule has 7 heteroatoms. The predicted molar refractivity (Wildman–Crippen MR) is 96.8 cm³/mol. The fourth-order valence-electron chi connectivity index (χ4n) is 2.49. The van der Waals surface area contributed by atoms with Crippen LogP contribution >= 0.6 is 0 Å². The topological polar surface area (TPSA) is 75.5 Å². The van der Waals surface area contributed by atoms with Crippen molar-refractivity contribution in [3.8, 4) is 0 Å². The van der Waals surface area contributed by atoms with Crippen molar-refractivity contribution in [2.75, 3.05) is 20.8 Å². The molecule has 0 amide bonds. The van der Waals surface area contributed by atoms with Crippen molar-refractivity contribution in [3.05, 3.63) is 47.8 Å². The summed E-state index contributed by atoms with van der Waals surface area (Å²) in [5, 5.41) is 7.99. The summed E-state index contributed by atoms with van der Waals surface area (Å²) in [5.41, 5.74) is 1.08. The van der Waals surface area contributed by atoms with Gasteiger partial charge in [0.15, 0.2) is 0 Å². The molecule has 2 rings (SSSR count). The summed E-state index contributed by atoms with van der Waals surface area (Å²) in [6.07, 6.45) is 1.40. The first-order valence-electron chi connectivity index (χ1n) is 8.48. The van der Waals surface area contributed by atoms with Crippen molar-refractivity contribution >= 4 is 5.78 Å². The molecule has 0 fully saturated rings. The Morgan fingerprint density at radius 3 is 2.31 bits per heavy atom. The van der Waals surface area contributed by atoms with Gasteiger partial charge in [0.2, 0.25) is 0 Å². The second-order valence-corrected chi connectivity index (χ2v) is 7.29. The van der Waals surface area contributed by atoms with Gasteiger partial charge in [0.05, 0.1) is 18.8 Å². The largest absolute Gasteiger partial charge is 0.352 e. The Labute approximate surface area is 154 Å². The van der Waals surface area contributed by atoms with Crippen LogP contribution in [0, 0.1) is 5.41 Å². The first-order valence-corrected chi connectivity index (χ1v) is 8.48. The van der Waals surface area contributed by atoms with Gasteiger partial charge in [-0.15, -0.1) is 5.10 Å². The molecule has 1 atom stereocenters. The van der Waals surface area contributed by atoms with Gasteiger partial charge in [-0.05, 0) is 17.9 Å². The van der Waals surface area contributed by atoms with Crippen LogP contribution in [-0.4, -0.2) is 47.6 Å². The molecule has 0 N–H and O–H groups in total. The number of methoxy groups -OCH3 is 2. The minimum Gasteiger partial charge on any atom is -0.324 e. The minimum absolute atomic E-state index is 0.168. The second-order valence-electron chi connectivity index (χ2n) is 7.29. The van der Waals surface area contributed by atoms with Gasteiger partial charge >= 0.3 is 5.97 Å². The summed E-state index contributed by atoms with van der Waals surface area (Å²) in [5.74, 6) is -2.33. The molecule has 0 bridgehead atoms. The van der Waals surface area contributed by atoms with Crippen molar-refractivity contribution < 1.29 is 19.0 Å². The van der Waals surface area contributed by atoms with Crippen LogP contribution in [0.25, 0.3) is 0 Å². The number of benzene rings is 1. The van der Waals surface area contributed by atoms with E-state index in [1.807, 2.05) is 58.0 Å².